The maximum Gasteiger partial charge on any atom is 0.258 e. The van der Waals surface area contributed by atoms with Crippen molar-refractivity contribution in [2.75, 3.05) is 7.11 Å². The van der Waals surface area contributed by atoms with E-state index in [9.17, 15) is 0 Å². The van der Waals surface area contributed by atoms with Crippen molar-refractivity contribution in [2.24, 2.45) is 7.05 Å². The van der Waals surface area contributed by atoms with Gasteiger partial charge < -0.3 is 9.26 Å². The third kappa shape index (κ3) is 3.09. The van der Waals surface area contributed by atoms with Crippen molar-refractivity contribution in [2.45, 2.75) is 26.7 Å². The molecule has 0 aliphatic rings. The van der Waals surface area contributed by atoms with E-state index in [1.54, 1.807) is 16.8 Å². The number of hydrogen-bond donors (Lipinski definition) is 0. The van der Waals surface area contributed by atoms with Gasteiger partial charge in [-0.15, -0.1) is 0 Å². The largest absolute Gasteiger partial charge is 0.481 e. The smallest absolute Gasteiger partial charge is 0.258 e. The standard InChI is InChI=1S/C19H19ClN6O2/c1-9(2)12-8-13(21-18-16(12)10(3)24-26(18)4)17-23-19(28-25-17)11-6-14(20)22-15(7-11)27-5/h6-9H,1-5H3. The number of pyridine rings is 2. The fourth-order valence-electron chi connectivity index (χ4n) is 3.19. The van der Waals surface area contributed by atoms with Crippen LogP contribution in [0.3, 0.4) is 0 Å². The minimum Gasteiger partial charge on any atom is -0.481 e. The highest BCUT2D eigenvalue weighted by molar-refractivity contribution is 6.29. The molecule has 0 spiro atoms. The second-order valence-corrected chi connectivity index (χ2v) is 7.19. The van der Waals surface area contributed by atoms with Gasteiger partial charge in [-0.05, 0) is 30.5 Å². The van der Waals surface area contributed by atoms with Gasteiger partial charge in [0.25, 0.3) is 5.89 Å². The number of halogens is 1. The zero-order valence-corrected chi connectivity index (χ0v) is 16.9. The maximum atomic E-state index is 6.04. The fourth-order valence-corrected chi connectivity index (χ4v) is 3.39. The van der Waals surface area contributed by atoms with Gasteiger partial charge in [0.1, 0.15) is 10.8 Å². The van der Waals surface area contributed by atoms with Crippen LogP contribution in [-0.2, 0) is 7.05 Å². The van der Waals surface area contributed by atoms with E-state index in [4.69, 9.17) is 25.8 Å². The number of fused-ring (bicyclic) bond motifs is 1. The predicted octanol–water partition coefficient (Wildman–Crippen LogP) is 4.17. The molecule has 0 aliphatic heterocycles. The van der Waals surface area contributed by atoms with Crippen LogP contribution in [0.25, 0.3) is 34.0 Å². The molecule has 9 heteroatoms. The van der Waals surface area contributed by atoms with Crippen LogP contribution in [0.2, 0.25) is 5.15 Å². The van der Waals surface area contributed by atoms with Gasteiger partial charge in [-0.2, -0.15) is 10.1 Å². The monoisotopic (exact) mass is 398 g/mol. The highest BCUT2D eigenvalue weighted by Crippen LogP contribution is 2.31. The van der Waals surface area contributed by atoms with Gasteiger partial charge in [-0.1, -0.05) is 30.6 Å². The topological polar surface area (TPSA) is 91.8 Å². The van der Waals surface area contributed by atoms with E-state index in [0.29, 0.717) is 34.8 Å². The molecule has 0 unspecified atom stereocenters. The predicted molar refractivity (Wildman–Crippen MR) is 105 cm³/mol. The second kappa shape index (κ2) is 6.87. The molecule has 0 bridgehead atoms. The molecule has 0 amide bonds. The zero-order valence-electron chi connectivity index (χ0n) is 16.2. The van der Waals surface area contributed by atoms with Crippen molar-refractivity contribution < 1.29 is 9.26 Å². The number of hydrogen-bond acceptors (Lipinski definition) is 7. The van der Waals surface area contributed by atoms with Crippen molar-refractivity contribution in [3.63, 3.8) is 0 Å². The Kier molecular flexibility index (Phi) is 4.50. The first-order valence-corrected chi connectivity index (χ1v) is 9.15. The van der Waals surface area contributed by atoms with E-state index in [2.05, 4.69) is 34.1 Å². The van der Waals surface area contributed by atoms with Gasteiger partial charge in [-0.3, -0.25) is 4.68 Å². The maximum absolute atomic E-state index is 6.04. The van der Waals surface area contributed by atoms with Gasteiger partial charge in [0.2, 0.25) is 11.7 Å². The highest BCUT2D eigenvalue weighted by Gasteiger charge is 2.19. The highest BCUT2D eigenvalue weighted by atomic mass is 35.5. The second-order valence-electron chi connectivity index (χ2n) is 6.80. The van der Waals surface area contributed by atoms with Crippen molar-refractivity contribution in [3.05, 3.63) is 34.6 Å². The van der Waals surface area contributed by atoms with Crippen LogP contribution in [0.4, 0.5) is 0 Å². The number of methoxy groups -OCH3 is 1. The number of nitrogens with zero attached hydrogens (tertiary/aromatic N) is 6. The van der Waals surface area contributed by atoms with Crippen LogP contribution >= 0.6 is 11.6 Å². The van der Waals surface area contributed by atoms with Crippen LogP contribution in [0.5, 0.6) is 5.88 Å². The molecule has 0 aromatic carbocycles. The number of aryl methyl sites for hydroxylation is 2. The first-order chi connectivity index (χ1) is 13.4. The zero-order chi connectivity index (χ0) is 20.0. The van der Waals surface area contributed by atoms with Gasteiger partial charge >= 0.3 is 0 Å². The quantitative estimate of drug-likeness (QED) is 0.476. The first kappa shape index (κ1) is 18.4. The summed E-state index contributed by atoms with van der Waals surface area (Å²) in [6.07, 6.45) is 0. The molecule has 4 aromatic heterocycles. The molecule has 0 aliphatic carbocycles. The van der Waals surface area contributed by atoms with E-state index in [-0.39, 0.29) is 5.15 Å². The van der Waals surface area contributed by atoms with Gasteiger partial charge in [0, 0.05) is 24.1 Å². The lowest BCUT2D eigenvalue weighted by atomic mass is 9.99. The van der Waals surface area contributed by atoms with Crippen molar-refractivity contribution >= 4 is 22.6 Å². The molecule has 0 saturated heterocycles. The summed E-state index contributed by atoms with van der Waals surface area (Å²) in [5.41, 5.74) is 4.13. The molecule has 28 heavy (non-hydrogen) atoms. The summed E-state index contributed by atoms with van der Waals surface area (Å²) in [6.45, 7) is 6.26. The summed E-state index contributed by atoms with van der Waals surface area (Å²) < 4.78 is 12.4. The summed E-state index contributed by atoms with van der Waals surface area (Å²) in [7, 11) is 3.40. The van der Waals surface area contributed by atoms with Crippen LogP contribution in [0.1, 0.15) is 31.0 Å². The summed E-state index contributed by atoms with van der Waals surface area (Å²) in [4.78, 5) is 13.3. The van der Waals surface area contributed by atoms with E-state index >= 15 is 0 Å². The average Bonchev–Trinajstić information content (AvgIpc) is 3.26. The lowest BCUT2D eigenvalue weighted by Crippen LogP contribution is -1.98. The minimum atomic E-state index is 0.279. The molecule has 8 nitrogen and oxygen atoms in total. The van der Waals surface area contributed by atoms with E-state index in [0.717, 1.165) is 22.3 Å². The molecule has 0 atom stereocenters. The van der Waals surface area contributed by atoms with Gasteiger partial charge in [0.15, 0.2) is 5.65 Å². The molecule has 4 heterocycles. The Labute approximate surface area is 166 Å². The average molecular weight is 399 g/mol. The van der Waals surface area contributed by atoms with Crippen LogP contribution in [0.15, 0.2) is 22.7 Å². The lowest BCUT2D eigenvalue weighted by Gasteiger charge is -2.09. The van der Waals surface area contributed by atoms with Crippen LogP contribution in [0, 0.1) is 6.92 Å². The lowest BCUT2D eigenvalue weighted by molar-refractivity contribution is 0.397. The molecule has 0 N–H and O–H groups in total. The van der Waals surface area contributed by atoms with Crippen molar-refractivity contribution in [1.82, 2.24) is 29.9 Å². The molecular weight excluding hydrogens is 380 g/mol. The number of ether oxygens (including phenoxy) is 1. The Hall–Kier alpha value is -3.00. The Balaban J connectivity index is 1.84. The first-order valence-electron chi connectivity index (χ1n) is 8.77. The van der Waals surface area contributed by atoms with Gasteiger partial charge in [0.05, 0.1) is 12.8 Å². The van der Waals surface area contributed by atoms with E-state index < -0.39 is 0 Å². The summed E-state index contributed by atoms with van der Waals surface area (Å²) in [5, 5.41) is 9.96. The Bertz CT molecular complexity index is 1180. The Morgan fingerprint density at radius 3 is 2.64 bits per heavy atom. The molecule has 0 saturated carbocycles. The molecule has 0 fully saturated rings. The van der Waals surface area contributed by atoms with Crippen molar-refractivity contribution in [1.29, 1.82) is 0 Å². The Morgan fingerprint density at radius 2 is 1.93 bits per heavy atom. The molecule has 0 radical (unpaired) electrons. The third-order valence-electron chi connectivity index (χ3n) is 4.50. The summed E-state index contributed by atoms with van der Waals surface area (Å²) in [6, 6.07) is 5.32. The molecular formula is C19H19ClN6O2. The summed E-state index contributed by atoms with van der Waals surface area (Å²) >= 11 is 6.04. The fraction of sp³-hybridized carbons (Fsp3) is 0.316. The van der Waals surface area contributed by atoms with E-state index in [1.165, 1.54) is 7.11 Å². The SMILES string of the molecule is COc1cc(-c2nc(-c3cc(C(C)C)c4c(C)nn(C)c4n3)no2)cc(Cl)n1. The Morgan fingerprint density at radius 1 is 1.14 bits per heavy atom. The molecule has 4 rings (SSSR count). The summed E-state index contributed by atoms with van der Waals surface area (Å²) in [5.74, 6) is 1.37. The number of rotatable bonds is 4. The molecule has 4 aromatic rings. The third-order valence-corrected chi connectivity index (χ3v) is 4.70. The van der Waals surface area contributed by atoms with Gasteiger partial charge in [-0.25, -0.2) is 9.97 Å². The number of aromatic nitrogens is 6. The van der Waals surface area contributed by atoms with Crippen molar-refractivity contribution in [3.8, 4) is 28.9 Å². The van der Waals surface area contributed by atoms with E-state index in [1.807, 2.05) is 20.0 Å². The normalized spacial score (nSPS) is 11.5. The van der Waals surface area contributed by atoms with Crippen LogP contribution in [-0.4, -0.2) is 37.0 Å². The molecule has 144 valence electrons. The minimum absolute atomic E-state index is 0.279. The van der Waals surface area contributed by atoms with Crippen LogP contribution < -0.4 is 4.74 Å².